The Morgan fingerprint density at radius 3 is 2.81 bits per heavy atom. The molecule has 0 unspecified atom stereocenters. The van der Waals surface area contributed by atoms with Gasteiger partial charge >= 0.3 is 0 Å². The normalized spacial score (nSPS) is 10.1. The number of pyridine rings is 1. The molecule has 0 amide bonds. The van der Waals surface area contributed by atoms with Gasteiger partial charge in [0, 0.05) is 22.3 Å². The molecule has 2 rings (SSSR count). The zero-order valence-corrected chi connectivity index (χ0v) is 10.7. The summed E-state index contributed by atoms with van der Waals surface area (Å²) in [6.45, 7) is 0.490. The van der Waals surface area contributed by atoms with E-state index in [0.29, 0.717) is 17.4 Å². The molecule has 0 bridgehead atoms. The second kappa shape index (κ2) is 5.32. The Bertz CT molecular complexity index is 490. The lowest BCUT2D eigenvalue weighted by molar-refractivity contribution is 0.304. The van der Waals surface area contributed by atoms with Crippen LogP contribution < -0.4 is 4.74 Å². The van der Waals surface area contributed by atoms with Gasteiger partial charge in [0.15, 0.2) is 0 Å². The van der Waals surface area contributed by atoms with Crippen LogP contribution in [0.5, 0.6) is 5.75 Å². The van der Waals surface area contributed by atoms with Crippen LogP contribution in [-0.2, 0) is 6.61 Å². The predicted octanol–water partition coefficient (Wildman–Crippen LogP) is 4.08. The van der Waals surface area contributed by atoms with Gasteiger partial charge in [0.2, 0.25) is 0 Å². The van der Waals surface area contributed by atoms with E-state index in [1.165, 1.54) is 0 Å². The quantitative estimate of drug-likeness (QED) is 0.852. The molecule has 2 aromatic rings. The predicted molar refractivity (Wildman–Crippen MR) is 67.7 cm³/mol. The first-order valence-corrected chi connectivity index (χ1v) is 5.89. The number of halogens is 2. The van der Waals surface area contributed by atoms with E-state index < -0.39 is 0 Å². The first-order valence-electron chi connectivity index (χ1n) is 4.72. The van der Waals surface area contributed by atoms with Crippen LogP contribution in [-0.4, -0.2) is 4.98 Å². The summed E-state index contributed by atoms with van der Waals surface area (Å²) in [5.41, 5.74) is 1.09. The highest BCUT2D eigenvalue weighted by Crippen LogP contribution is 2.20. The van der Waals surface area contributed by atoms with Crippen molar-refractivity contribution in [2.24, 2.45) is 0 Å². The van der Waals surface area contributed by atoms with E-state index in [-0.39, 0.29) is 0 Å². The van der Waals surface area contributed by atoms with Gasteiger partial charge in [-0.05, 0) is 6.07 Å². The number of aromatic nitrogens is 1. The van der Waals surface area contributed by atoms with Crippen LogP contribution in [0.25, 0.3) is 0 Å². The summed E-state index contributed by atoms with van der Waals surface area (Å²) in [4.78, 5) is 3.95. The standard InChI is InChI=1S/C12H9BrClNO/c13-12-4-2-1-3-9(12)8-16-11-5-10(14)6-15-7-11/h1-7H,8H2. The van der Waals surface area contributed by atoms with Crippen molar-refractivity contribution in [1.29, 1.82) is 0 Å². The minimum atomic E-state index is 0.490. The van der Waals surface area contributed by atoms with Crippen molar-refractivity contribution in [3.63, 3.8) is 0 Å². The Hall–Kier alpha value is -1.06. The maximum atomic E-state index is 5.81. The summed E-state index contributed by atoms with van der Waals surface area (Å²) in [7, 11) is 0. The Balaban J connectivity index is 2.05. The van der Waals surface area contributed by atoms with Crippen LogP contribution in [0.3, 0.4) is 0 Å². The van der Waals surface area contributed by atoms with Crippen molar-refractivity contribution >= 4 is 27.5 Å². The van der Waals surface area contributed by atoms with E-state index >= 15 is 0 Å². The maximum Gasteiger partial charge on any atom is 0.139 e. The smallest absolute Gasteiger partial charge is 0.139 e. The third kappa shape index (κ3) is 2.97. The second-order valence-electron chi connectivity index (χ2n) is 3.22. The average molecular weight is 299 g/mol. The lowest BCUT2D eigenvalue weighted by atomic mass is 10.2. The van der Waals surface area contributed by atoms with E-state index in [9.17, 15) is 0 Å². The molecule has 82 valence electrons. The number of hydrogen-bond acceptors (Lipinski definition) is 2. The van der Waals surface area contributed by atoms with Gasteiger partial charge in [0.25, 0.3) is 0 Å². The summed E-state index contributed by atoms with van der Waals surface area (Å²) in [6, 6.07) is 9.66. The van der Waals surface area contributed by atoms with Crippen LogP contribution in [0.4, 0.5) is 0 Å². The lowest BCUT2D eigenvalue weighted by Gasteiger charge is -2.07. The highest BCUT2D eigenvalue weighted by molar-refractivity contribution is 9.10. The van der Waals surface area contributed by atoms with Gasteiger partial charge in [-0.25, -0.2) is 0 Å². The SMILES string of the molecule is Clc1cncc(OCc2ccccc2Br)c1. The molecule has 0 fully saturated rings. The van der Waals surface area contributed by atoms with E-state index in [1.54, 1.807) is 18.5 Å². The zero-order valence-electron chi connectivity index (χ0n) is 8.36. The molecule has 0 aliphatic heterocycles. The molecular weight excluding hydrogens is 289 g/mol. The number of hydrogen-bond donors (Lipinski definition) is 0. The van der Waals surface area contributed by atoms with Crippen LogP contribution >= 0.6 is 27.5 Å². The van der Waals surface area contributed by atoms with Crippen molar-refractivity contribution in [2.45, 2.75) is 6.61 Å². The van der Waals surface area contributed by atoms with E-state index in [0.717, 1.165) is 10.0 Å². The highest BCUT2D eigenvalue weighted by Gasteiger charge is 2.00. The Morgan fingerprint density at radius 2 is 2.06 bits per heavy atom. The Morgan fingerprint density at radius 1 is 1.25 bits per heavy atom. The molecule has 0 radical (unpaired) electrons. The molecule has 0 atom stereocenters. The van der Waals surface area contributed by atoms with Crippen molar-refractivity contribution < 1.29 is 4.74 Å². The van der Waals surface area contributed by atoms with E-state index in [2.05, 4.69) is 20.9 Å². The molecule has 0 saturated heterocycles. The molecule has 1 heterocycles. The molecular formula is C12H9BrClNO. The fourth-order valence-corrected chi connectivity index (χ4v) is 1.81. The largest absolute Gasteiger partial charge is 0.487 e. The lowest BCUT2D eigenvalue weighted by Crippen LogP contribution is -1.96. The summed E-state index contributed by atoms with van der Waals surface area (Å²) >= 11 is 9.27. The minimum absolute atomic E-state index is 0.490. The minimum Gasteiger partial charge on any atom is -0.487 e. The van der Waals surface area contributed by atoms with Crippen LogP contribution in [0, 0.1) is 0 Å². The molecule has 1 aromatic carbocycles. The van der Waals surface area contributed by atoms with Crippen LogP contribution in [0.2, 0.25) is 5.02 Å². The molecule has 4 heteroatoms. The third-order valence-corrected chi connectivity index (χ3v) is 3.01. The first kappa shape index (κ1) is 11.4. The van der Waals surface area contributed by atoms with Crippen LogP contribution in [0.15, 0.2) is 47.2 Å². The third-order valence-electron chi connectivity index (χ3n) is 2.03. The fraction of sp³-hybridized carbons (Fsp3) is 0.0833. The summed E-state index contributed by atoms with van der Waals surface area (Å²) < 4.78 is 6.61. The van der Waals surface area contributed by atoms with Gasteiger partial charge in [-0.15, -0.1) is 0 Å². The van der Waals surface area contributed by atoms with Gasteiger partial charge in [0.05, 0.1) is 11.2 Å². The summed E-state index contributed by atoms with van der Waals surface area (Å²) in [5.74, 6) is 0.670. The topological polar surface area (TPSA) is 22.1 Å². The van der Waals surface area contributed by atoms with Crippen molar-refractivity contribution in [2.75, 3.05) is 0 Å². The first-order chi connectivity index (χ1) is 7.75. The number of nitrogens with zero attached hydrogens (tertiary/aromatic N) is 1. The second-order valence-corrected chi connectivity index (χ2v) is 4.51. The van der Waals surface area contributed by atoms with Crippen molar-refractivity contribution in [3.8, 4) is 5.75 Å². The Kier molecular flexibility index (Phi) is 3.80. The highest BCUT2D eigenvalue weighted by atomic mass is 79.9. The average Bonchev–Trinajstić information content (AvgIpc) is 2.28. The zero-order chi connectivity index (χ0) is 11.4. The van der Waals surface area contributed by atoms with Gasteiger partial charge in [0.1, 0.15) is 12.4 Å². The molecule has 16 heavy (non-hydrogen) atoms. The Labute approximate surface area is 107 Å². The fourth-order valence-electron chi connectivity index (χ4n) is 1.25. The van der Waals surface area contributed by atoms with E-state index in [1.807, 2.05) is 24.3 Å². The molecule has 0 aliphatic carbocycles. The van der Waals surface area contributed by atoms with Gasteiger partial charge < -0.3 is 4.74 Å². The summed E-state index contributed by atoms with van der Waals surface area (Å²) in [5, 5.41) is 0.574. The van der Waals surface area contributed by atoms with Crippen LogP contribution in [0.1, 0.15) is 5.56 Å². The van der Waals surface area contributed by atoms with Crippen molar-refractivity contribution in [1.82, 2.24) is 4.98 Å². The molecule has 2 nitrogen and oxygen atoms in total. The molecule has 0 N–H and O–H groups in total. The van der Waals surface area contributed by atoms with Gasteiger partial charge in [-0.3, -0.25) is 4.98 Å². The van der Waals surface area contributed by atoms with Gasteiger partial charge in [-0.1, -0.05) is 45.7 Å². The molecule has 0 saturated carbocycles. The number of ether oxygens (including phenoxy) is 1. The molecule has 1 aromatic heterocycles. The monoisotopic (exact) mass is 297 g/mol. The molecule has 0 spiro atoms. The maximum absolute atomic E-state index is 5.81. The molecule has 0 aliphatic rings. The van der Waals surface area contributed by atoms with E-state index in [4.69, 9.17) is 16.3 Å². The van der Waals surface area contributed by atoms with Crippen molar-refractivity contribution in [3.05, 3.63) is 57.8 Å². The number of benzene rings is 1. The van der Waals surface area contributed by atoms with Gasteiger partial charge in [-0.2, -0.15) is 0 Å². The summed E-state index contributed by atoms with van der Waals surface area (Å²) in [6.07, 6.45) is 3.22. The number of rotatable bonds is 3.